The molecule has 0 saturated carbocycles. The van der Waals surface area contributed by atoms with Gasteiger partial charge < -0.3 is 14.2 Å². The van der Waals surface area contributed by atoms with Crippen molar-refractivity contribution in [1.29, 1.82) is 0 Å². The minimum Gasteiger partial charge on any atom is -0.462 e. The molecule has 430 valence electrons. The molecule has 0 rings (SSSR count). The van der Waals surface area contributed by atoms with Gasteiger partial charge >= 0.3 is 17.9 Å². The molecule has 0 fully saturated rings. The highest BCUT2D eigenvalue weighted by Crippen LogP contribution is 2.15. The van der Waals surface area contributed by atoms with Crippen LogP contribution in [0.4, 0.5) is 0 Å². The Kier molecular flexibility index (Phi) is 59.4. The molecule has 0 amide bonds. The van der Waals surface area contributed by atoms with Gasteiger partial charge in [0.05, 0.1) is 0 Å². The van der Waals surface area contributed by atoms with Crippen molar-refractivity contribution in [3.05, 3.63) is 134 Å². The SMILES string of the molecule is CC/C=C\C/C=C\C/C=C\C/C=C\C/C=C\C/C=C\C/C=C\CCCCCCCCCCCCCC(=O)OCC(COC(=O)CCCCCCCCCCCC)OC(=O)CCCC/C=C\C/C=C\C/C=C\C/C=C\CC. The quantitative estimate of drug-likeness (QED) is 0.0261. The van der Waals surface area contributed by atoms with E-state index in [1.54, 1.807) is 0 Å². The second kappa shape index (κ2) is 63.1. The molecule has 0 aliphatic rings. The number of allylic oxidation sites excluding steroid dienone is 22. The van der Waals surface area contributed by atoms with Gasteiger partial charge in [-0.3, -0.25) is 14.4 Å². The van der Waals surface area contributed by atoms with E-state index in [9.17, 15) is 14.4 Å². The molecule has 0 saturated heterocycles. The summed E-state index contributed by atoms with van der Waals surface area (Å²) in [4.78, 5) is 38.1. The average molecular weight is 1050 g/mol. The highest BCUT2D eigenvalue weighted by molar-refractivity contribution is 5.71. The third kappa shape index (κ3) is 60.4. The number of hydrogen-bond acceptors (Lipinski definition) is 6. The van der Waals surface area contributed by atoms with Crippen LogP contribution in [-0.2, 0) is 28.6 Å². The van der Waals surface area contributed by atoms with E-state index in [0.29, 0.717) is 19.3 Å². The summed E-state index contributed by atoms with van der Waals surface area (Å²) in [6.07, 6.45) is 89.0. The van der Waals surface area contributed by atoms with Crippen LogP contribution in [0.25, 0.3) is 0 Å². The van der Waals surface area contributed by atoms with Gasteiger partial charge in [0.1, 0.15) is 13.2 Å². The Morgan fingerprint density at radius 1 is 0.276 bits per heavy atom. The first-order chi connectivity index (χ1) is 37.5. The van der Waals surface area contributed by atoms with Crippen molar-refractivity contribution in [1.82, 2.24) is 0 Å². The maximum absolute atomic E-state index is 12.8. The number of esters is 3. The highest BCUT2D eigenvalue weighted by Gasteiger charge is 2.19. The maximum atomic E-state index is 12.8. The van der Waals surface area contributed by atoms with Gasteiger partial charge in [-0.15, -0.1) is 0 Å². The van der Waals surface area contributed by atoms with Crippen molar-refractivity contribution < 1.29 is 28.6 Å². The number of hydrogen-bond donors (Lipinski definition) is 0. The van der Waals surface area contributed by atoms with Crippen LogP contribution in [0.2, 0.25) is 0 Å². The second-order valence-electron chi connectivity index (χ2n) is 20.2. The molecule has 0 bridgehead atoms. The molecule has 76 heavy (non-hydrogen) atoms. The molecule has 0 aliphatic heterocycles. The Bertz CT molecular complexity index is 1630. The van der Waals surface area contributed by atoms with Gasteiger partial charge in [-0.25, -0.2) is 0 Å². The monoisotopic (exact) mass is 1050 g/mol. The fourth-order valence-electron chi connectivity index (χ4n) is 8.30. The smallest absolute Gasteiger partial charge is 0.306 e. The molecule has 0 aliphatic carbocycles. The Morgan fingerprint density at radius 2 is 0.513 bits per heavy atom. The minimum absolute atomic E-state index is 0.0960. The lowest BCUT2D eigenvalue weighted by molar-refractivity contribution is -0.167. The fourth-order valence-corrected chi connectivity index (χ4v) is 8.30. The van der Waals surface area contributed by atoms with Crippen LogP contribution in [0.5, 0.6) is 0 Å². The van der Waals surface area contributed by atoms with Crippen LogP contribution in [0, 0.1) is 0 Å². The third-order valence-electron chi connectivity index (χ3n) is 12.9. The van der Waals surface area contributed by atoms with Crippen LogP contribution < -0.4 is 0 Å². The van der Waals surface area contributed by atoms with Gasteiger partial charge in [0, 0.05) is 19.3 Å². The Labute approximate surface area is 468 Å². The summed E-state index contributed by atoms with van der Waals surface area (Å²) in [7, 11) is 0. The van der Waals surface area contributed by atoms with Gasteiger partial charge in [-0.05, 0) is 116 Å². The summed E-state index contributed by atoms with van der Waals surface area (Å²) in [6, 6.07) is 0. The Balaban J connectivity index is 4.21. The molecule has 0 radical (unpaired) electrons. The minimum atomic E-state index is -0.802. The van der Waals surface area contributed by atoms with Gasteiger partial charge in [0.2, 0.25) is 0 Å². The number of unbranched alkanes of at least 4 members (excludes halogenated alkanes) is 22. The van der Waals surface area contributed by atoms with Crippen molar-refractivity contribution in [3.8, 4) is 0 Å². The summed E-state index contributed by atoms with van der Waals surface area (Å²) in [5.41, 5.74) is 0. The van der Waals surface area contributed by atoms with Gasteiger partial charge in [-0.2, -0.15) is 0 Å². The van der Waals surface area contributed by atoms with Crippen LogP contribution in [0.15, 0.2) is 134 Å². The largest absolute Gasteiger partial charge is 0.462 e. The molecule has 1 atom stereocenters. The van der Waals surface area contributed by atoms with Crippen LogP contribution in [0.3, 0.4) is 0 Å². The summed E-state index contributed by atoms with van der Waals surface area (Å²) in [5.74, 6) is -0.943. The molecule has 0 N–H and O–H groups in total. The molecular weight excluding hydrogens is 937 g/mol. The lowest BCUT2D eigenvalue weighted by Crippen LogP contribution is -2.30. The fraction of sp³-hybridized carbons (Fsp3) is 0.643. The number of carbonyl (C=O) groups excluding carboxylic acids is 3. The lowest BCUT2D eigenvalue weighted by atomic mass is 10.0. The molecule has 0 heterocycles. The van der Waals surface area contributed by atoms with Gasteiger partial charge in [0.15, 0.2) is 6.10 Å². The first-order valence-electron chi connectivity index (χ1n) is 31.2. The van der Waals surface area contributed by atoms with E-state index in [2.05, 4.69) is 154 Å². The average Bonchev–Trinajstić information content (AvgIpc) is 3.42. The number of ether oxygens (including phenoxy) is 3. The first-order valence-corrected chi connectivity index (χ1v) is 31.2. The molecule has 0 aromatic rings. The molecular formula is C70H114O6. The first kappa shape index (κ1) is 71.5. The predicted octanol–water partition coefficient (Wildman–Crippen LogP) is 21.4. The lowest BCUT2D eigenvalue weighted by Gasteiger charge is -2.18. The van der Waals surface area contributed by atoms with Gasteiger partial charge in [0.25, 0.3) is 0 Å². The molecule has 6 nitrogen and oxygen atoms in total. The summed E-state index contributed by atoms with van der Waals surface area (Å²) in [6.45, 7) is 6.36. The summed E-state index contributed by atoms with van der Waals surface area (Å²) < 4.78 is 16.8. The van der Waals surface area contributed by atoms with Crippen molar-refractivity contribution in [2.45, 2.75) is 277 Å². The van der Waals surface area contributed by atoms with Crippen molar-refractivity contribution in [2.75, 3.05) is 13.2 Å². The summed E-state index contributed by atoms with van der Waals surface area (Å²) in [5, 5.41) is 0. The second-order valence-corrected chi connectivity index (χ2v) is 20.2. The number of carbonyl (C=O) groups is 3. The predicted molar refractivity (Wildman–Crippen MR) is 329 cm³/mol. The van der Waals surface area contributed by atoms with E-state index in [1.807, 2.05) is 0 Å². The molecule has 1 unspecified atom stereocenters. The molecule has 0 aromatic carbocycles. The zero-order chi connectivity index (χ0) is 55.0. The van der Waals surface area contributed by atoms with Crippen molar-refractivity contribution in [2.24, 2.45) is 0 Å². The van der Waals surface area contributed by atoms with E-state index < -0.39 is 6.10 Å². The molecule has 0 spiro atoms. The van der Waals surface area contributed by atoms with Crippen LogP contribution in [0.1, 0.15) is 271 Å². The molecule has 0 aromatic heterocycles. The van der Waals surface area contributed by atoms with Crippen molar-refractivity contribution in [3.63, 3.8) is 0 Å². The van der Waals surface area contributed by atoms with Crippen molar-refractivity contribution >= 4 is 17.9 Å². The zero-order valence-electron chi connectivity index (χ0n) is 49.2. The van der Waals surface area contributed by atoms with E-state index in [1.165, 1.54) is 103 Å². The van der Waals surface area contributed by atoms with E-state index in [0.717, 1.165) is 122 Å². The normalized spacial score (nSPS) is 13.0. The number of rotatable bonds is 55. The maximum Gasteiger partial charge on any atom is 0.306 e. The van der Waals surface area contributed by atoms with Crippen LogP contribution >= 0.6 is 0 Å². The Hall–Kier alpha value is -4.45. The standard InChI is InChI=1S/C70H114O6/c1-4-7-10-13-16-19-22-24-26-27-28-29-30-31-32-33-34-35-36-37-38-39-40-41-42-43-45-46-48-51-54-57-60-63-69(72)75-66-67(65-74-68(71)62-59-56-53-50-21-18-15-12-9-6-3)76-70(73)64-61-58-55-52-49-47-44-25-23-20-17-14-11-8-5-2/h7-8,10-11,16-17,19-20,24-26,28-29,31-32,34-35,37-38,44,49,52,67H,4-6,9,12-15,18,21-23,27,30,33,36,39-43,45-48,50-51,53-66H2,1-3H3/b10-7-,11-8-,19-16-,20-17-,26-24-,29-28-,32-31-,35-34-,38-37-,44-25-,52-49-. The van der Waals surface area contributed by atoms with E-state index in [4.69, 9.17) is 14.2 Å². The summed E-state index contributed by atoms with van der Waals surface area (Å²) >= 11 is 0. The zero-order valence-corrected chi connectivity index (χ0v) is 49.2. The van der Waals surface area contributed by atoms with Gasteiger partial charge in [-0.1, -0.05) is 270 Å². The topological polar surface area (TPSA) is 78.9 Å². The highest BCUT2D eigenvalue weighted by atomic mass is 16.6. The van der Waals surface area contributed by atoms with E-state index >= 15 is 0 Å². The van der Waals surface area contributed by atoms with E-state index in [-0.39, 0.29) is 37.5 Å². The Morgan fingerprint density at radius 3 is 0.829 bits per heavy atom. The molecule has 6 heteroatoms. The third-order valence-corrected chi connectivity index (χ3v) is 12.9. The van der Waals surface area contributed by atoms with Crippen LogP contribution in [-0.4, -0.2) is 37.2 Å².